The summed E-state index contributed by atoms with van der Waals surface area (Å²) in [6.07, 6.45) is 3.46. The second-order valence-corrected chi connectivity index (χ2v) is 7.33. The molecule has 0 aliphatic rings. The van der Waals surface area contributed by atoms with Crippen molar-refractivity contribution in [2.24, 2.45) is 5.10 Å². The van der Waals surface area contributed by atoms with Crippen LogP contribution in [0.2, 0.25) is 0 Å². The Morgan fingerprint density at radius 3 is 2.63 bits per heavy atom. The van der Waals surface area contributed by atoms with Crippen LogP contribution in [0.3, 0.4) is 0 Å². The van der Waals surface area contributed by atoms with Crippen molar-refractivity contribution >= 4 is 44.9 Å². The number of carbonyl (C=O) groups is 2. The lowest BCUT2D eigenvalue weighted by molar-refractivity contribution is 0.0660. The number of nitrogens with one attached hydrogen (secondary N) is 1. The number of aromatic carboxylic acids is 1. The molecule has 0 atom stereocenters. The van der Waals surface area contributed by atoms with Crippen LogP contribution in [0.25, 0.3) is 10.9 Å². The fraction of sp³-hybridized carbons (Fsp3) is 0.0455. The largest absolute Gasteiger partial charge is 0.475 e. The van der Waals surface area contributed by atoms with Gasteiger partial charge in [0.25, 0.3) is 5.91 Å². The number of rotatable bonds is 6. The van der Waals surface area contributed by atoms with Gasteiger partial charge in [0.05, 0.1) is 18.3 Å². The first-order valence-corrected chi connectivity index (χ1v) is 9.80. The van der Waals surface area contributed by atoms with E-state index in [1.165, 1.54) is 6.07 Å². The van der Waals surface area contributed by atoms with Crippen molar-refractivity contribution in [1.82, 2.24) is 9.99 Å². The molecule has 0 fully saturated rings. The van der Waals surface area contributed by atoms with E-state index < -0.39 is 5.97 Å². The average molecular weight is 466 g/mol. The number of fused-ring (bicyclic) bond motifs is 1. The number of carbonyl (C=O) groups excluding carboxylic acids is 1. The molecule has 4 rings (SSSR count). The molecular formula is C22H16BrN3O4. The lowest BCUT2D eigenvalue weighted by atomic mass is 10.2. The van der Waals surface area contributed by atoms with E-state index >= 15 is 0 Å². The van der Waals surface area contributed by atoms with Crippen LogP contribution in [0, 0.1) is 0 Å². The van der Waals surface area contributed by atoms with E-state index in [0.717, 1.165) is 16.5 Å². The number of hydrazone groups is 1. The van der Waals surface area contributed by atoms with Gasteiger partial charge in [-0.2, -0.15) is 5.10 Å². The summed E-state index contributed by atoms with van der Waals surface area (Å²) in [4.78, 5) is 23.3. The van der Waals surface area contributed by atoms with Gasteiger partial charge in [-0.05, 0) is 46.3 Å². The van der Waals surface area contributed by atoms with Gasteiger partial charge in [0, 0.05) is 27.1 Å². The monoisotopic (exact) mass is 465 g/mol. The SMILES string of the molecule is O=C(O)c1ccc(Cn2cc(/C=N\NC(=O)c3ccccc3Br)c3ccccc32)o1. The van der Waals surface area contributed by atoms with E-state index in [0.29, 0.717) is 22.3 Å². The molecule has 1 amide bonds. The predicted molar refractivity (Wildman–Crippen MR) is 116 cm³/mol. The molecule has 0 spiro atoms. The summed E-state index contributed by atoms with van der Waals surface area (Å²) in [5, 5.41) is 14.1. The fourth-order valence-electron chi connectivity index (χ4n) is 3.12. The Labute approximate surface area is 179 Å². The van der Waals surface area contributed by atoms with Crippen LogP contribution in [0.4, 0.5) is 0 Å². The molecule has 7 nitrogen and oxygen atoms in total. The molecule has 30 heavy (non-hydrogen) atoms. The Hall–Kier alpha value is -3.65. The highest BCUT2D eigenvalue weighted by Crippen LogP contribution is 2.22. The Kier molecular flexibility index (Phi) is 5.49. The summed E-state index contributed by atoms with van der Waals surface area (Å²) >= 11 is 3.35. The Morgan fingerprint density at radius 1 is 1.10 bits per heavy atom. The number of amides is 1. The first-order chi connectivity index (χ1) is 14.5. The van der Waals surface area contributed by atoms with Crippen LogP contribution in [-0.2, 0) is 6.54 Å². The molecule has 0 radical (unpaired) electrons. The standard InChI is InChI=1S/C22H16BrN3O4/c23-18-7-3-1-6-17(18)21(27)25-24-11-14-12-26(19-8-4-2-5-16(14)19)13-15-9-10-20(30-15)22(28)29/h1-12H,13H2,(H,25,27)(H,28,29)/b24-11-. The van der Waals surface area contributed by atoms with Gasteiger partial charge in [0.1, 0.15) is 5.76 Å². The highest BCUT2D eigenvalue weighted by Gasteiger charge is 2.12. The highest BCUT2D eigenvalue weighted by molar-refractivity contribution is 9.10. The van der Waals surface area contributed by atoms with E-state index in [1.807, 2.05) is 41.1 Å². The van der Waals surface area contributed by atoms with Gasteiger partial charge in [-0.1, -0.05) is 30.3 Å². The fourth-order valence-corrected chi connectivity index (χ4v) is 3.59. The number of halogens is 1. The number of carboxylic acid groups (broad SMARTS) is 1. The normalized spacial score (nSPS) is 11.2. The van der Waals surface area contributed by atoms with E-state index in [2.05, 4.69) is 26.5 Å². The molecule has 4 aromatic rings. The summed E-state index contributed by atoms with van der Waals surface area (Å²) in [5.41, 5.74) is 4.77. The zero-order chi connectivity index (χ0) is 21.1. The maximum atomic E-state index is 12.3. The molecular weight excluding hydrogens is 450 g/mol. The third kappa shape index (κ3) is 4.04. The minimum absolute atomic E-state index is 0.0990. The maximum Gasteiger partial charge on any atom is 0.371 e. The number of furan rings is 1. The van der Waals surface area contributed by atoms with Crippen molar-refractivity contribution in [3.63, 3.8) is 0 Å². The Bertz CT molecular complexity index is 1270. The van der Waals surface area contributed by atoms with Crippen molar-refractivity contribution in [3.05, 3.63) is 94.0 Å². The van der Waals surface area contributed by atoms with E-state index in [9.17, 15) is 9.59 Å². The lowest BCUT2D eigenvalue weighted by Crippen LogP contribution is -2.18. The quantitative estimate of drug-likeness (QED) is 0.323. The highest BCUT2D eigenvalue weighted by atomic mass is 79.9. The molecule has 2 N–H and O–H groups in total. The van der Waals surface area contributed by atoms with Gasteiger partial charge in [-0.3, -0.25) is 4.79 Å². The summed E-state index contributed by atoms with van der Waals surface area (Å²) in [7, 11) is 0. The summed E-state index contributed by atoms with van der Waals surface area (Å²) in [6.45, 7) is 0.366. The van der Waals surface area contributed by atoms with E-state index in [-0.39, 0.29) is 11.7 Å². The molecule has 2 aromatic carbocycles. The number of nitrogens with zero attached hydrogens (tertiary/aromatic N) is 2. The maximum absolute atomic E-state index is 12.3. The first-order valence-electron chi connectivity index (χ1n) is 9.01. The van der Waals surface area contributed by atoms with Gasteiger partial charge in [0.15, 0.2) is 0 Å². The van der Waals surface area contributed by atoms with Crippen LogP contribution in [0.15, 0.2) is 80.9 Å². The number of hydrogen-bond donors (Lipinski definition) is 2. The number of hydrogen-bond acceptors (Lipinski definition) is 4. The molecule has 2 aromatic heterocycles. The second kappa shape index (κ2) is 8.38. The minimum atomic E-state index is -1.10. The molecule has 8 heteroatoms. The molecule has 0 aliphatic carbocycles. The average Bonchev–Trinajstić information content (AvgIpc) is 3.34. The summed E-state index contributed by atoms with van der Waals surface area (Å²) in [6, 6.07) is 17.9. The topological polar surface area (TPSA) is 96.8 Å². The molecule has 150 valence electrons. The van der Waals surface area contributed by atoms with Crippen molar-refractivity contribution in [1.29, 1.82) is 0 Å². The Morgan fingerprint density at radius 2 is 1.87 bits per heavy atom. The van der Waals surface area contributed by atoms with Crippen LogP contribution >= 0.6 is 15.9 Å². The molecule has 0 aliphatic heterocycles. The van der Waals surface area contributed by atoms with Crippen LogP contribution in [0.5, 0.6) is 0 Å². The van der Waals surface area contributed by atoms with Crippen LogP contribution in [-0.4, -0.2) is 27.8 Å². The number of benzene rings is 2. The van der Waals surface area contributed by atoms with E-state index in [4.69, 9.17) is 9.52 Å². The van der Waals surface area contributed by atoms with Gasteiger partial charge < -0.3 is 14.1 Å². The van der Waals surface area contributed by atoms with Crippen molar-refractivity contribution in [2.45, 2.75) is 6.54 Å². The molecule has 0 bridgehead atoms. The third-order valence-corrected chi connectivity index (χ3v) is 5.20. The Balaban J connectivity index is 1.57. The van der Waals surface area contributed by atoms with Crippen molar-refractivity contribution in [3.8, 4) is 0 Å². The zero-order valence-electron chi connectivity index (χ0n) is 15.6. The smallest absolute Gasteiger partial charge is 0.371 e. The van der Waals surface area contributed by atoms with Crippen LogP contribution in [0.1, 0.15) is 32.2 Å². The number of para-hydroxylation sites is 1. The van der Waals surface area contributed by atoms with Crippen molar-refractivity contribution in [2.75, 3.05) is 0 Å². The molecule has 0 saturated carbocycles. The van der Waals surface area contributed by atoms with Gasteiger partial charge >= 0.3 is 5.97 Å². The minimum Gasteiger partial charge on any atom is -0.475 e. The molecule has 0 saturated heterocycles. The van der Waals surface area contributed by atoms with Gasteiger partial charge in [-0.25, -0.2) is 10.2 Å². The second-order valence-electron chi connectivity index (χ2n) is 6.48. The third-order valence-electron chi connectivity index (χ3n) is 4.51. The zero-order valence-corrected chi connectivity index (χ0v) is 17.2. The summed E-state index contributed by atoms with van der Waals surface area (Å²) < 4.78 is 7.99. The summed E-state index contributed by atoms with van der Waals surface area (Å²) in [5.74, 6) is -0.997. The van der Waals surface area contributed by atoms with Crippen molar-refractivity contribution < 1.29 is 19.1 Å². The number of carboxylic acids is 1. The molecule has 0 unspecified atom stereocenters. The number of aromatic nitrogens is 1. The van der Waals surface area contributed by atoms with Gasteiger partial charge in [0.2, 0.25) is 5.76 Å². The lowest BCUT2D eigenvalue weighted by Gasteiger charge is -2.02. The van der Waals surface area contributed by atoms with Crippen LogP contribution < -0.4 is 5.43 Å². The predicted octanol–water partition coefficient (Wildman–Crippen LogP) is 4.51. The van der Waals surface area contributed by atoms with E-state index in [1.54, 1.807) is 30.5 Å². The molecule has 2 heterocycles. The van der Waals surface area contributed by atoms with Gasteiger partial charge in [-0.15, -0.1) is 0 Å². The first kappa shape index (κ1) is 19.7.